The third-order valence-corrected chi connectivity index (χ3v) is 5.37. The van der Waals surface area contributed by atoms with Crippen molar-refractivity contribution in [1.29, 1.82) is 0 Å². The quantitative estimate of drug-likeness (QED) is 0.924. The Morgan fingerprint density at radius 2 is 1.88 bits per heavy atom. The first kappa shape index (κ1) is 15.5. The molecule has 0 fully saturated rings. The molecule has 0 bridgehead atoms. The van der Waals surface area contributed by atoms with Crippen molar-refractivity contribution >= 4 is 5.69 Å². The lowest BCUT2D eigenvalue weighted by Crippen LogP contribution is -2.24. The van der Waals surface area contributed by atoms with E-state index < -0.39 is 0 Å². The number of anilines is 1. The largest absolute Gasteiger partial charge is 0.507 e. The molecule has 2 aromatic carbocycles. The van der Waals surface area contributed by atoms with E-state index in [1.807, 2.05) is 0 Å². The lowest BCUT2D eigenvalue weighted by molar-refractivity contribution is 0.272. The molecule has 2 aliphatic heterocycles. The maximum absolute atomic E-state index is 13.6. The first-order valence-electron chi connectivity index (χ1n) is 8.72. The molecule has 0 saturated carbocycles. The second-order valence-corrected chi connectivity index (χ2v) is 6.86. The molecule has 2 aromatic rings. The molecule has 0 saturated heterocycles. The molecule has 0 aromatic heterocycles. The van der Waals surface area contributed by atoms with E-state index in [2.05, 4.69) is 41.0 Å². The van der Waals surface area contributed by atoms with Gasteiger partial charge in [0.25, 0.3) is 0 Å². The molecule has 1 unspecified atom stereocenters. The predicted octanol–water partition coefficient (Wildman–Crippen LogP) is 3.86. The fourth-order valence-corrected chi connectivity index (χ4v) is 4.16. The van der Waals surface area contributed by atoms with E-state index >= 15 is 0 Å². The summed E-state index contributed by atoms with van der Waals surface area (Å²) in [5.74, 6) is 0.0141. The normalized spacial score (nSPS) is 19.6. The third kappa shape index (κ3) is 2.65. The van der Waals surface area contributed by atoms with Gasteiger partial charge in [-0.3, -0.25) is 4.90 Å². The molecule has 1 N–H and O–H groups in total. The van der Waals surface area contributed by atoms with Crippen LogP contribution in [-0.2, 0) is 13.1 Å². The number of halogens is 1. The summed E-state index contributed by atoms with van der Waals surface area (Å²) in [5, 5.41) is 10.2. The van der Waals surface area contributed by atoms with Gasteiger partial charge in [0.05, 0.1) is 0 Å². The summed E-state index contributed by atoms with van der Waals surface area (Å²) in [4.78, 5) is 4.63. The molecule has 24 heavy (non-hydrogen) atoms. The van der Waals surface area contributed by atoms with Crippen LogP contribution in [0.1, 0.15) is 36.0 Å². The van der Waals surface area contributed by atoms with Gasteiger partial charge in [-0.05, 0) is 37.1 Å². The van der Waals surface area contributed by atoms with Gasteiger partial charge in [0.2, 0.25) is 0 Å². The van der Waals surface area contributed by atoms with Gasteiger partial charge in [-0.1, -0.05) is 24.3 Å². The Morgan fingerprint density at radius 3 is 2.54 bits per heavy atom. The van der Waals surface area contributed by atoms with Crippen LogP contribution in [0.4, 0.5) is 10.1 Å². The van der Waals surface area contributed by atoms with E-state index in [9.17, 15) is 9.50 Å². The van der Waals surface area contributed by atoms with Gasteiger partial charge in [-0.25, -0.2) is 4.39 Å². The Balaban J connectivity index is 1.48. The maximum Gasteiger partial charge on any atom is 0.128 e. The number of benzene rings is 2. The van der Waals surface area contributed by atoms with Crippen LogP contribution in [0.25, 0.3) is 0 Å². The number of hydrogen-bond acceptors (Lipinski definition) is 3. The van der Waals surface area contributed by atoms with Crippen molar-refractivity contribution in [3.05, 3.63) is 58.9 Å². The molecule has 0 spiro atoms. The van der Waals surface area contributed by atoms with Crippen molar-refractivity contribution < 1.29 is 9.50 Å². The van der Waals surface area contributed by atoms with Crippen LogP contribution in [0, 0.1) is 5.82 Å². The monoisotopic (exact) mass is 326 g/mol. The molecular formula is C20H23FN2O. The Morgan fingerprint density at radius 1 is 1.17 bits per heavy atom. The summed E-state index contributed by atoms with van der Waals surface area (Å²) < 4.78 is 13.6. The highest BCUT2D eigenvalue weighted by atomic mass is 19.1. The van der Waals surface area contributed by atoms with Gasteiger partial charge in [0.1, 0.15) is 11.6 Å². The Bertz CT molecular complexity index is 736. The van der Waals surface area contributed by atoms with Gasteiger partial charge < -0.3 is 10.0 Å². The zero-order valence-corrected chi connectivity index (χ0v) is 14.0. The number of phenols is 1. The molecule has 4 heteroatoms. The zero-order valence-electron chi connectivity index (χ0n) is 14.0. The van der Waals surface area contributed by atoms with Crippen molar-refractivity contribution in [3.8, 4) is 5.75 Å². The minimum atomic E-state index is -0.361. The van der Waals surface area contributed by atoms with Crippen molar-refractivity contribution in [2.45, 2.75) is 32.4 Å². The lowest BCUT2D eigenvalue weighted by Gasteiger charge is -2.19. The minimum absolute atomic E-state index is 0.107. The second kappa shape index (κ2) is 6.10. The van der Waals surface area contributed by atoms with Crippen LogP contribution in [-0.4, -0.2) is 29.6 Å². The smallest absolute Gasteiger partial charge is 0.128 e. The van der Waals surface area contributed by atoms with Gasteiger partial charge in [-0.15, -0.1) is 0 Å². The molecule has 0 aliphatic carbocycles. The van der Waals surface area contributed by atoms with Crippen LogP contribution >= 0.6 is 0 Å². The van der Waals surface area contributed by atoms with Crippen LogP contribution in [0.15, 0.2) is 36.4 Å². The summed E-state index contributed by atoms with van der Waals surface area (Å²) in [5.41, 5.74) is 4.63. The van der Waals surface area contributed by atoms with Crippen LogP contribution in [0.2, 0.25) is 0 Å². The fourth-order valence-electron chi connectivity index (χ4n) is 4.16. The van der Waals surface area contributed by atoms with Gasteiger partial charge in [0, 0.05) is 49.4 Å². The molecule has 4 rings (SSSR count). The predicted molar refractivity (Wildman–Crippen MR) is 93.9 cm³/mol. The summed E-state index contributed by atoms with van der Waals surface area (Å²) in [6, 6.07) is 11.4. The second-order valence-electron chi connectivity index (χ2n) is 6.86. The first-order valence-corrected chi connectivity index (χ1v) is 8.72. The van der Waals surface area contributed by atoms with Crippen molar-refractivity contribution in [1.82, 2.24) is 4.90 Å². The summed E-state index contributed by atoms with van der Waals surface area (Å²) in [7, 11) is 0. The van der Waals surface area contributed by atoms with E-state index in [0.717, 1.165) is 50.4 Å². The number of fused-ring (bicyclic) bond motifs is 2. The lowest BCUT2D eigenvalue weighted by atomic mass is 9.96. The SMILES string of the molecule is CCN1CC(CCN2Cc3ccccc3C2)c2c(O)cc(F)cc21. The molecule has 0 amide bonds. The van der Waals surface area contributed by atoms with E-state index in [1.54, 1.807) is 6.07 Å². The number of phenolic OH excluding ortho intramolecular Hbond substituents is 1. The van der Waals surface area contributed by atoms with Crippen LogP contribution in [0.3, 0.4) is 0 Å². The van der Waals surface area contributed by atoms with Gasteiger partial charge in [0.15, 0.2) is 0 Å². The average Bonchev–Trinajstić information content (AvgIpc) is 3.13. The highest BCUT2D eigenvalue weighted by molar-refractivity contribution is 5.65. The number of aromatic hydroxyl groups is 1. The van der Waals surface area contributed by atoms with Crippen LogP contribution in [0.5, 0.6) is 5.75 Å². The van der Waals surface area contributed by atoms with Crippen molar-refractivity contribution in [3.63, 3.8) is 0 Å². The topological polar surface area (TPSA) is 26.7 Å². The van der Waals surface area contributed by atoms with Crippen LogP contribution < -0.4 is 4.90 Å². The summed E-state index contributed by atoms with van der Waals surface area (Å²) in [6.07, 6.45) is 0.983. The third-order valence-electron chi connectivity index (χ3n) is 5.37. The number of rotatable bonds is 4. The van der Waals surface area contributed by atoms with E-state index in [0.29, 0.717) is 0 Å². The van der Waals surface area contributed by atoms with Crippen molar-refractivity contribution in [2.24, 2.45) is 0 Å². The van der Waals surface area contributed by atoms with E-state index in [-0.39, 0.29) is 17.5 Å². The number of likely N-dealkylation sites (N-methyl/N-ethyl adjacent to an activating group) is 1. The van der Waals surface area contributed by atoms with Gasteiger partial charge >= 0.3 is 0 Å². The fraction of sp³-hybridized carbons (Fsp3) is 0.400. The first-order chi connectivity index (χ1) is 11.7. The summed E-state index contributed by atoms with van der Waals surface area (Å²) in [6.45, 7) is 6.77. The highest BCUT2D eigenvalue weighted by Gasteiger charge is 2.32. The number of nitrogens with zero attached hydrogens (tertiary/aromatic N) is 2. The molecule has 2 heterocycles. The maximum atomic E-state index is 13.6. The standard InChI is InChI=1S/C20H23FN2O/c1-2-23-13-16(20-18(23)9-17(21)10-19(20)24)7-8-22-11-14-5-3-4-6-15(14)12-22/h3-6,9-10,16,24H,2,7-8,11-13H2,1H3. The molecule has 0 radical (unpaired) electrons. The minimum Gasteiger partial charge on any atom is -0.507 e. The van der Waals surface area contributed by atoms with E-state index in [4.69, 9.17) is 0 Å². The Labute approximate surface area is 142 Å². The molecule has 3 nitrogen and oxygen atoms in total. The average molecular weight is 326 g/mol. The molecular weight excluding hydrogens is 303 g/mol. The Kier molecular flexibility index (Phi) is 3.93. The van der Waals surface area contributed by atoms with Gasteiger partial charge in [-0.2, -0.15) is 0 Å². The van der Waals surface area contributed by atoms with Crippen molar-refractivity contribution in [2.75, 3.05) is 24.5 Å². The Hall–Kier alpha value is -2.07. The highest BCUT2D eigenvalue weighted by Crippen LogP contribution is 2.44. The molecule has 1 atom stereocenters. The van der Waals surface area contributed by atoms with E-state index in [1.165, 1.54) is 17.2 Å². The molecule has 2 aliphatic rings. The molecule has 126 valence electrons. The zero-order chi connectivity index (χ0) is 16.7. The summed E-state index contributed by atoms with van der Waals surface area (Å²) >= 11 is 0. The number of hydrogen-bond donors (Lipinski definition) is 1.